The van der Waals surface area contributed by atoms with Crippen LogP contribution in [0.4, 0.5) is 0 Å². The van der Waals surface area contributed by atoms with Crippen LogP contribution in [0.2, 0.25) is 5.02 Å². The van der Waals surface area contributed by atoms with Gasteiger partial charge in [0.05, 0.1) is 38.8 Å². The zero-order valence-corrected chi connectivity index (χ0v) is 13.9. The summed E-state index contributed by atoms with van der Waals surface area (Å²) < 4.78 is 10.8. The summed E-state index contributed by atoms with van der Waals surface area (Å²) in [5.41, 5.74) is 0. The second kappa shape index (κ2) is 9.01. The second-order valence-corrected chi connectivity index (χ2v) is 6.12. The van der Waals surface area contributed by atoms with Crippen molar-refractivity contribution in [2.45, 2.75) is 26.2 Å². The van der Waals surface area contributed by atoms with Crippen LogP contribution in [0.15, 0.2) is 24.3 Å². The smallest absolute Gasteiger partial charge is 0.309 e. The first kappa shape index (κ1) is 17.1. The first-order valence-corrected chi connectivity index (χ1v) is 8.45. The molecule has 22 heavy (non-hydrogen) atoms. The molecule has 0 spiro atoms. The summed E-state index contributed by atoms with van der Waals surface area (Å²) in [5.74, 6) is 0.946. The van der Waals surface area contributed by atoms with Gasteiger partial charge >= 0.3 is 5.97 Å². The first-order valence-electron chi connectivity index (χ1n) is 8.07. The van der Waals surface area contributed by atoms with Gasteiger partial charge in [0.15, 0.2) is 0 Å². The van der Waals surface area contributed by atoms with E-state index < -0.39 is 0 Å². The number of quaternary nitrogens is 1. The number of carbonyl (C=O) groups is 1. The molecule has 4 nitrogen and oxygen atoms in total. The predicted octanol–water partition coefficient (Wildman–Crippen LogP) is 1.97. The third-order valence-corrected chi connectivity index (χ3v) is 4.32. The van der Waals surface area contributed by atoms with E-state index in [1.165, 1.54) is 0 Å². The van der Waals surface area contributed by atoms with Crippen LogP contribution < -0.4 is 9.64 Å². The van der Waals surface area contributed by atoms with Crippen LogP contribution in [0.1, 0.15) is 26.2 Å². The quantitative estimate of drug-likeness (QED) is 0.615. The van der Waals surface area contributed by atoms with E-state index in [4.69, 9.17) is 21.1 Å². The molecule has 5 heteroatoms. The number of benzene rings is 1. The SMILES string of the molecule is CCOC(=O)C1CC[NH+](CCCOc2ccc(Cl)cc2)CC1. The summed E-state index contributed by atoms with van der Waals surface area (Å²) in [6.45, 7) is 6.23. The third-order valence-electron chi connectivity index (χ3n) is 4.07. The predicted molar refractivity (Wildman–Crippen MR) is 86.5 cm³/mol. The van der Waals surface area contributed by atoms with Crippen LogP contribution in [0.5, 0.6) is 5.75 Å². The molecule has 122 valence electrons. The number of hydrogen-bond acceptors (Lipinski definition) is 3. The summed E-state index contributed by atoms with van der Waals surface area (Å²) in [6, 6.07) is 7.45. The maximum Gasteiger partial charge on any atom is 0.309 e. The molecule has 0 atom stereocenters. The molecule has 0 radical (unpaired) electrons. The van der Waals surface area contributed by atoms with Gasteiger partial charge in [-0.25, -0.2) is 0 Å². The fraction of sp³-hybridized carbons (Fsp3) is 0.588. The van der Waals surface area contributed by atoms with Crippen LogP contribution in [-0.2, 0) is 9.53 Å². The zero-order valence-electron chi connectivity index (χ0n) is 13.1. The second-order valence-electron chi connectivity index (χ2n) is 5.68. The summed E-state index contributed by atoms with van der Waals surface area (Å²) in [4.78, 5) is 13.2. The molecule has 1 heterocycles. The summed E-state index contributed by atoms with van der Waals surface area (Å²) in [6.07, 6.45) is 2.89. The number of esters is 1. The lowest BCUT2D eigenvalue weighted by atomic mass is 9.97. The van der Waals surface area contributed by atoms with Crippen molar-refractivity contribution in [3.05, 3.63) is 29.3 Å². The van der Waals surface area contributed by atoms with E-state index in [1.54, 1.807) is 4.90 Å². The van der Waals surface area contributed by atoms with Crippen LogP contribution in [0.3, 0.4) is 0 Å². The number of carbonyl (C=O) groups excluding carboxylic acids is 1. The van der Waals surface area contributed by atoms with E-state index in [-0.39, 0.29) is 11.9 Å². The molecule has 0 bridgehead atoms. The maximum absolute atomic E-state index is 11.7. The van der Waals surface area contributed by atoms with Gasteiger partial charge in [0.2, 0.25) is 0 Å². The van der Waals surface area contributed by atoms with Crippen molar-refractivity contribution in [1.29, 1.82) is 0 Å². The molecule has 0 amide bonds. The number of nitrogens with one attached hydrogen (secondary N) is 1. The minimum atomic E-state index is -0.0207. The molecule has 1 saturated heterocycles. The molecule has 2 rings (SSSR count). The van der Waals surface area contributed by atoms with E-state index in [0.717, 1.165) is 49.7 Å². The molecule has 0 aliphatic carbocycles. The molecule has 0 aromatic heterocycles. The fourth-order valence-corrected chi connectivity index (χ4v) is 2.94. The van der Waals surface area contributed by atoms with E-state index in [0.29, 0.717) is 13.2 Å². The molecule has 0 unspecified atom stereocenters. The molecular weight excluding hydrogens is 302 g/mol. The third kappa shape index (κ3) is 5.50. The molecule has 1 aromatic carbocycles. The average Bonchev–Trinajstić information content (AvgIpc) is 2.54. The van der Waals surface area contributed by atoms with Gasteiger partial charge in [-0.2, -0.15) is 0 Å². The molecule has 1 aromatic rings. The standard InChI is InChI=1S/C17H24ClNO3/c1-2-21-17(20)14-8-11-19(12-9-14)10-3-13-22-16-6-4-15(18)5-7-16/h4-7,14H,2-3,8-13H2,1H3/p+1. The number of hydrogen-bond donors (Lipinski definition) is 1. The van der Waals surface area contributed by atoms with Crippen LogP contribution >= 0.6 is 11.6 Å². The highest BCUT2D eigenvalue weighted by Crippen LogP contribution is 2.15. The van der Waals surface area contributed by atoms with Gasteiger partial charge < -0.3 is 14.4 Å². The lowest BCUT2D eigenvalue weighted by molar-refractivity contribution is -0.906. The van der Waals surface area contributed by atoms with Crippen molar-refractivity contribution in [3.8, 4) is 5.75 Å². The van der Waals surface area contributed by atoms with Crippen molar-refractivity contribution in [1.82, 2.24) is 0 Å². The lowest BCUT2D eigenvalue weighted by Crippen LogP contribution is -3.13. The van der Waals surface area contributed by atoms with Crippen molar-refractivity contribution in [2.24, 2.45) is 5.92 Å². The Kier molecular flexibility index (Phi) is 7.00. The van der Waals surface area contributed by atoms with E-state index in [1.807, 2.05) is 31.2 Å². The summed E-state index contributed by atoms with van der Waals surface area (Å²) >= 11 is 5.84. The molecule has 1 aliphatic rings. The Bertz CT molecular complexity index is 455. The molecule has 1 aliphatic heterocycles. The monoisotopic (exact) mass is 326 g/mol. The average molecular weight is 327 g/mol. The van der Waals surface area contributed by atoms with Crippen molar-refractivity contribution in [2.75, 3.05) is 32.8 Å². The normalized spacial score (nSPS) is 21.4. The topological polar surface area (TPSA) is 40.0 Å². The Morgan fingerprint density at radius 1 is 1.27 bits per heavy atom. The highest BCUT2D eigenvalue weighted by Gasteiger charge is 2.27. The fourth-order valence-electron chi connectivity index (χ4n) is 2.81. The van der Waals surface area contributed by atoms with E-state index >= 15 is 0 Å². The highest BCUT2D eigenvalue weighted by atomic mass is 35.5. The van der Waals surface area contributed by atoms with Gasteiger partial charge in [0.25, 0.3) is 0 Å². The van der Waals surface area contributed by atoms with Crippen LogP contribution in [-0.4, -0.2) is 38.8 Å². The van der Waals surface area contributed by atoms with Crippen molar-refractivity contribution < 1.29 is 19.2 Å². The van der Waals surface area contributed by atoms with Crippen LogP contribution in [0, 0.1) is 5.92 Å². The number of piperidine rings is 1. The number of rotatable bonds is 7. The van der Waals surface area contributed by atoms with Gasteiger partial charge in [-0.15, -0.1) is 0 Å². The van der Waals surface area contributed by atoms with Crippen molar-refractivity contribution in [3.63, 3.8) is 0 Å². The zero-order chi connectivity index (χ0) is 15.8. The number of halogens is 1. The van der Waals surface area contributed by atoms with Crippen molar-refractivity contribution >= 4 is 17.6 Å². The van der Waals surface area contributed by atoms with Gasteiger partial charge in [0, 0.05) is 24.3 Å². The Balaban J connectivity index is 1.59. The van der Waals surface area contributed by atoms with E-state index in [9.17, 15) is 4.79 Å². The minimum Gasteiger partial charge on any atom is -0.493 e. The van der Waals surface area contributed by atoms with E-state index in [2.05, 4.69) is 0 Å². The van der Waals surface area contributed by atoms with Gasteiger partial charge in [-0.05, 0) is 31.2 Å². The number of ether oxygens (including phenoxy) is 2. The number of likely N-dealkylation sites (tertiary alicyclic amines) is 1. The first-order chi connectivity index (χ1) is 10.7. The molecular formula is C17H25ClNO3+. The largest absolute Gasteiger partial charge is 0.493 e. The molecule has 0 saturated carbocycles. The van der Waals surface area contributed by atoms with Crippen LogP contribution in [0.25, 0.3) is 0 Å². The molecule has 1 N–H and O–H groups in total. The Hall–Kier alpha value is -1.26. The highest BCUT2D eigenvalue weighted by molar-refractivity contribution is 6.30. The Morgan fingerprint density at radius 3 is 2.59 bits per heavy atom. The summed E-state index contributed by atoms with van der Waals surface area (Å²) in [5, 5.41) is 0.723. The summed E-state index contributed by atoms with van der Waals surface area (Å²) in [7, 11) is 0. The Morgan fingerprint density at radius 2 is 1.95 bits per heavy atom. The lowest BCUT2D eigenvalue weighted by Gasteiger charge is -2.28. The van der Waals surface area contributed by atoms with Gasteiger partial charge in [-0.3, -0.25) is 4.79 Å². The van der Waals surface area contributed by atoms with Gasteiger partial charge in [-0.1, -0.05) is 11.6 Å². The molecule has 1 fully saturated rings. The Labute approximate surface area is 137 Å². The maximum atomic E-state index is 11.7. The van der Waals surface area contributed by atoms with Gasteiger partial charge in [0.1, 0.15) is 5.75 Å². The minimum absolute atomic E-state index is 0.0207.